The first-order valence-electron chi connectivity index (χ1n) is 6.39. The van der Waals surface area contributed by atoms with Gasteiger partial charge in [-0.15, -0.1) is 0 Å². The van der Waals surface area contributed by atoms with Crippen molar-refractivity contribution >= 4 is 16.5 Å². The Kier molecular flexibility index (Phi) is 3.33. The molecule has 0 saturated heterocycles. The van der Waals surface area contributed by atoms with E-state index in [0.29, 0.717) is 12.2 Å². The quantitative estimate of drug-likeness (QED) is 0.724. The number of hydrogen-bond donors (Lipinski definition) is 1. The smallest absolute Gasteiger partial charge is 0.160 e. The molecular formula is C17H13F2N. The first-order valence-corrected chi connectivity index (χ1v) is 6.39. The van der Waals surface area contributed by atoms with Gasteiger partial charge in [0.05, 0.1) is 0 Å². The minimum Gasteiger partial charge on any atom is -0.381 e. The van der Waals surface area contributed by atoms with Crippen LogP contribution in [-0.4, -0.2) is 0 Å². The van der Waals surface area contributed by atoms with Gasteiger partial charge in [0.2, 0.25) is 0 Å². The van der Waals surface area contributed by atoms with Gasteiger partial charge in [-0.25, -0.2) is 8.78 Å². The second-order valence-electron chi connectivity index (χ2n) is 4.62. The van der Waals surface area contributed by atoms with Crippen LogP contribution in [-0.2, 0) is 6.54 Å². The van der Waals surface area contributed by atoms with Crippen molar-refractivity contribution < 1.29 is 8.78 Å². The van der Waals surface area contributed by atoms with Crippen LogP contribution in [0.5, 0.6) is 0 Å². The zero-order chi connectivity index (χ0) is 13.9. The maximum Gasteiger partial charge on any atom is 0.160 e. The third-order valence-corrected chi connectivity index (χ3v) is 3.28. The van der Waals surface area contributed by atoms with Crippen molar-refractivity contribution in [3.63, 3.8) is 0 Å². The van der Waals surface area contributed by atoms with E-state index in [1.165, 1.54) is 12.1 Å². The summed E-state index contributed by atoms with van der Waals surface area (Å²) in [5.74, 6) is -1.67. The van der Waals surface area contributed by atoms with E-state index in [4.69, 9.17) is 0 Å². The fourth-order valence-corrected chi connectivity index (χ4v) is 2.25. The van der Waals surface area contributed by atoms with Gasteiger partial charge in [-0.3, -0.25) is 0 Å². The highest BCUT2D eigenvalue weighted by atomic mass is 19.2. The zero-order valence-electron chi connectivity index (χ0n) is 10.7. The van der Waals surface area contributed by atoms with E-state index in [-0.39, 0.29) is 0 Å². The highest BCUT2D eigenvalue weighted by molar-refractivity contribution is 5.85. The molecule has 20 heavy (non-hydrogen) atoms. The molecular weight excluding hydrogens is 256 g/mol. The number of rotatable bonds is 3. The number of halogens is 2. The summed E-state index contributed by atoms with van der Waals surface area (Å²) in [4.78, 5) is 0. The highest BCUT2D eigenvalue weighted by Crippen LogP contribution is 2.20. The van der Waals surface area contributed by atoms with Crippen molar-refractivity contribution in [3.8, 4) is 0 Å². The van der Waals surface area contributed by atoms with Crippen LogP contribution in [0.2, 0.25) is 0 Å². The molecule has 0 unspecified atom stereocenters. The van der Waals surface area contributed by atoms with E-state index in [0.717, 1.165) is 22.4 Å². The second-order valence-corrected chi connectivity index (χ2v) is 4.62. The molecule has 3 rings (SSSR count). The molecule has 0 fully saturated rings. The Bertz CT molecular complexity index is 748. The summed E-state index contributed by atoms with van der Waals surface area (Å²) < 4.78 is 26.0. The number of hydrogen-bond acceptors (Lipinski definition) is 1. The van der Waals surface area contributed by atoms with Gasteiger partial charge in [0.15, 0.2) is 11.6 Å². The lowest BCUT2D eigenvalue weighted by molar-refractivity contribution is 0.509. The Balaban J connectivity index is 1.85. The van der Waals surface area contributed by atoms with Crippen LogP contribution in [0.25, 0.3) is 10.8 Å². The minimum atomic E-state index is -0.840. The first-order chi connectivity index (χ1) is 9.74. The number of nitrogens with one attached hydrogen (secondary N) is 1. The molecule has 0 aliphatic rings. The molecule has 100 valence electrons. The molecule has 0 atom stereocenters. The van der Waals surface area contributed by atoms with Gasteiger partial charge in [-0.05, 0) is 28.5 Å². The fourth-order valence-electron chi connectivity index (χ4n) is 2.25. The van der Waals surface area contributed by atoms with Gasteiger partial charge in [0.25, 0.3) is 0 Å². The topological polar surface area (TPSA) is 12.0 Å². The molecule has 0 aromatic heterocycles. The summed E-state index contributed by atoms with van der Waals surface area (Å²) in [5, 5.41) is 5.44. The lowest BCUT2D eigenvalue weighted by atomic mass is 10.0. The summed E-state index contributed by atoms with van der Waals surface area (Å²) in [6.45, 7) is 0.562. The van der Waals surface area contributed by atoms with E-state index >= 15 is 0 Å². The highest BCUT2D eigenvalue weighted by Gasteiger charge is 2.03. The molecule has 0 aliphatic carbocycles. The van der Waals surface area contributed by atoms with E-state index in [9.17, 15) is 8.78 Å². The van der Waals surface area contributed by atoms with Crippen molar-refractivity contribution in [1.29, 1.82) is 0 Å². The normalized spacial score (nSPS) is 10.7. The van der Waals surface area contributed by atoms with Crippen LogP contribution in [0.4, 0.5) is 14.5 Å². The Morgan fingerprint density at radius 1 is 0.800 bits per heavy atom. The van der Waals surface area contributed by atoms with Gasteiger partial charge in [-0.1, -0.05) is 42.5 Å². The molecule has 0 heterocycles. The van der Waals surface area contributed by atoms with E-state index in [1.54, 1.807) is 0 Å². The van der Waals surface area contributed by atoms with Crippen molar-refractivity contribution in [1.82, 2.24) is 0 Å². The van der Waals surface area contributed by atoms with Crippen molar-refractivity contribution in [2.75, 3.05) is 5.32 Å². The predicted octanol–water partition coefficient (Wildman–Crippen LogP) is 4.73. The van der Waals surface area contributed by atoms with Gasteiger partial charge >= 0.3 is 0 Å². The van der Waals surface area contributed by atoms with Crippen LogP contribution in [0.1, 0.15) is 5.56 Å². The Morgan fingerprint density at radius 3 is 2.45 bits per heavy atom. The molecule has 0 aliphatic heterocycles. The lowest BCUT2D eigenvalue weighted by Crippen LogP contribution is -2.01. The fraction of sp³-hybridized carbons (Fsp3) is 0.0588. The summed E-state index contributed by atoms with van der Waals surface area (Å²) in [6.07, 6.45) is 0. The molecule has 0 spiro atoms. The molecule has 0 radical (unpaired) electrons. The van der Waals surface area contributed by atoms with Crippen LogP contribution < -0.4 is 5.32 Å². The average Bonchev–Trinajstić information content (AvgIpc) is 2.48. The van der Waals surface area contributed by atoms with E-state index < -0.39 is 11.6 Å². The monoisotopic (exact) mass is 269 g/mol. The lowest BCUT2D eigenvalue weighted by Gasteiger charge is -2.09. The molecule has 0 bridgehead atoms. The number of anilines is 1. The zero-order valence-corrected chi connectivity index (χ0v) is 10.7. The average molecular weight is 269 g/mol. The van der Waals surface area contributed by atoms with Crippen LogP contribution in [0.15, 0.2) is 60.7 Å². The SMILES string of the molecule is Fc1ccc(NCc2cccc3ccccc23)cc1F. The minimum absolute atomic E-state index is 0.562. The van der Waals surface area contributed by atoms with E-state index in [2.05, 4.69) is 23.5 Å². The molecule has 0 amide bonds. The van der Waals surface area contributed by atoms with Gasteiger partial charge in [0, 0.05) is 18.3 Å². The van der Waals surface area contributed by atoms with Gasteiger partial charge in [0.1, 0.15) is 0 Å². The summed E-state index contributed by atoms with van der Waals surface area (Å²) in [7, 11) is 0. The number of benzene rings is 3. The van der Waals surface area contributed by atoms with Crippen molar-refractivity contribution in [2.45, 2.75) is 6.54 Å². The summed E-state index contributed by atoms with van der Waals surface area (Å²) >= 11 is 0. The maximum absolute atomic E-state index is 13.1. The molecule has 1 N–H and O–H groups in total. The Labute approximate surface area is 115 Å². The number of fused-ring (bicyclic) bond motifs is 1. The largest absolute Gasteiger partial charge is 0.381 e. The van der Waals surface area contributed by atoms with Crippen molar-refractivity contribution in [3.05, 3.63) is 77.9 Å². The van der Waals surface area contributed by atoms with Crippen molar-refractivity contribution in [2.24, 2.45) is 0 Å². The first kappa shape index (κ1) is 12.6. The molecule has 3 aromatic carbocycles. The standard InChI is InChI=1S/C17H13F2N/c18-16-9-8-14(10-17(16)19)20-11-13-6-3-5-12-4-1-2-7-15(12)13/h1-10,20H,11H2. The molecule has 3 heteroatoms. The van der Waals surface area contributed by atoms with Gasteiger partial charge in [-0.2, -0.15) is 0 Å². The third kappa shape index (κ3) is 2.48. The molecule has 1 nitrogen and oxygen atoms in total. The Morgan fingerprint density at radius 2 is 1.60 bits per heavy atom. The van der Waals surface area contributed by atoms with Crippen LogP contribution in [0.3, 0.4) is 0 Å². The molecule has 3 aromatic rings. The second kappa shape index (κ2) is 5.29. The van der Waals surface area contributed by atoms with E-state index in [1.807, 2.05) is 24.3 Å². The van der Waals surface area contributed by atoms with Crippen LogP contribution in [0, 0.1) is 11.6 Å². The summed E-state index contributed by atoms with van der Waals surface area (Å²) in [6, 6.07) is 18.0. The third-order valence-electron chi connectivity index (χ3n) is 3.28. The maximum atomic E-state index is 13.1. The van der Waals surface area contributed by atoms with Gasteiger partial charge < -0.3 is 5.32 Å². The molecule has 0 saturated carbocycles. The predicted molar refractivity (Wildman–Crippen MR) is 77.6 cm³/mol. The Hall–Kier alpha value is -2.42. The summed E-state index contributed by atoms with van der Waals surface area (Å²) in [5.41, 5.74) is 1.68. The van der Waals surface area contributed by atoms with Crippen LogP contribution >= 0.6 is 0 Å².